The minimum absolute atomic E-state index is 0.0210. The highest BCUT2D eigenvalue weighted by Gasteiger charge is 2.36. The highest BCUT2D eigenvalue weighted by atomic mass is 16.6. The molecule has 0 bridgehead atoms. The summed E-state index contributed by atoms with van der Waals surface area (Å²) in [5.74, 6) is -1.72. The molecule has 1 aromatic carbocycles. The molecule has 0 spiro atoms. The zero-order chi connectivity index (χ0) is 27.6. The minimum atomic E-state index is -1.19. The van der Waals surface area contributed by atoms with Crippen LogP contribution in [0.5, 0.6) is 5.75 Å². The fraction of sp³-hybridized carbons (Fsp3) is 0.556. The number of phenols is 1. The van der Waals surface area contributed by atoms with E-state index >= 15 is 0 Å². The molecule has 1 aliphatic rings. The number of ether oxygens (including phenoxy) is 1. The van der Waals surface area contributed by atoms with Gasteiger partial charge >= 0.3 is 6.09 Å². The average molecular weight is 517 g/mol. The molecule has 4 amide bonds. The van der Waals surface area contributed by atoms with Crippen molar-refractivity contribution >= 4 is 23.8 Å². The minimum Gasteiger partial charge on any atom is -0.508 e. The van der Waals surface area contributed by atoms with Gasteiger partial charge in [-0.2, -0.15) is 0 Å². The molecule has 2 rings (SSSR count). The molecule has 1 aliphatic carbocycles. The molecule has 204 valence electrons. The third-order valence-corrected chi connectivity index (χ3v) is 5.97. The maximum atomic E-state index is 13.9. The number of rotatable bonds is 11. The maximum Gasteiger partial charge on any atom is 0.408 e. The monoisotopic (exact) mass is 516 g/mol. The zero-order valence-electron chi connectivity index (χ0n) is 22.0. The Morgan fingerprint density at radius 1 is 1.22 bits per heavy atom. The molecule has 0 aromatic heterocycles. The summed E-state index contributed by atoms with van der Waals surface area (Å²) in [6.45, 7) is 8.76. The van der Waals surface area contributed by atoms with Crippen molar-refractivity contribution < 1.29 is 29.0 Å². The number of phenolic OH excluding ortho intramolecular Hbond substituents is 1. The highest BCUT2D eigenvalue weighted by molar-refractivity contribution is 5.92. The Kier molecular flexibility index (Phi) is 11.0. The van der Waals surface area contributed by atoms with Crippen LogP contribution in [0.2, 0.25) is 0 Å². The number of primary amides is 1. The molecule has 0 saturated heterocycles. The van der Waals surface area contributed by atoms with Gasteiger partial charge < -0.3 is 31.1 Å². The van der Waals surface area contributed by atoms with Crippen LogP contribution in [0.15, 0.2) is 36.9 Å². The van der Waals surface area contributed by atoms with Gasteiger partial charge in [0.1, 0.15) is 23.4 Å². The van der Waals surface area contributed by atoms with Gasteiger partial charge in [0.2, 0.25) is 17.7 Å². The first-order valence-corrected chi connectivity index (χ1v) is 12.7. The van der Waals surface area contributed by atoms with E-state index in [9.17, 15) is 24.3 Å². The van der Waals surface area contributed by atoms with Crippen LogP contribution in [0.4, 0.5) is 4.79 Å². The van der Waals surface area contributed by atoms with E-state index in [4.69, 9.17) is 10.5 Å². The van der Waals surface area contributed by atoms with Crippen LogP contribution < -0.4 is 16.4 Å². The van der Waals surface area contributed by atoms with Crippen molar-refractivity contribution in [3.63, 3.8) is 0 Å². The molecule has 1 fully saturated rings. The van der Waals surface area contributed by atoms with E-state index in [0.717, 1.165) is 32.1 Å². The number of nitrogens with two attached hydrogens (primary N) is 1. The Bertz CT molecular complexity index is 968. The first kappa shape index (κ1) is 29.7. The van der Waals surface area contributed by atoms with Crippen molar-refractivity contribution in [3.8, 4) is 5.75 Å². The van der Waals surface area contributed by atoms with Crippen LogP contribution in [0.1, 0.15) is 77.3 Å². The Morgan fingerprint density at radius 2 is 1.89 bits per heavy atom. The quantitative estimate of drug-likeness (QED) is 0.332. The second-order valence-corrected chi connectivity index (χ2v) is 10.3. The average Bonchev–Trinajstić information content (AvgIpc) is 2.80. The van der Waals surface area contributed by atoms with Gasteiger partial charge in [0.25, 0.3) is 0 Å². The molecule has 0 radical (unpaired) electrons. The number of carbonyl (C=O) groups excluding carboxylic acids is 4. The molecular formula is C27H40N4O6. The van der Waals surface area contributed by atoms with Gasteiger partial charge in [-0.1, -0.05) is 37.5 Å². The maximum absolute atomic E-state index is 13.9. The lowest BCUT2D eigenvalue weighted by Gasteiger charge is -2.35. The largest absolute Gasteiger partial charge is 0.508 e. The molecule has 0 aliphatic heterocycles. The number of aromatic hydroxyl groups is 1. The van der Waals surface area contributed by atoms with E-state index in [2.05, 4.69) is 17.2 Å². The number of amides is 4. The van der Waals surface area contributed by atoms with Gasteiger partial charge in [-0.3, -0.25) is 14.4 Å². The lowest BCUT2D eigenvalue weighted by atomic mass is 9.94. The Balaban J connectivity index is 2.43. The van der Waals surface area contributed by atoms with Gasteiger partial charge in [0, 0.05) is 19.0 Å². The summed E-state index contributed by atoms with van der Waals surface area (Å²) in [5, 5.41) is 15.7. The number of alkyl carbamates (subject to hydrolysis) is 1. The number of hydrogen-bond acceptors (Lipinski definition) is 6. The Morgan fingerprint density at radius 3 is 2.46 bits per heavy atom. The van der Waals surface area contributed by atoms with Gasteiger partial charge in [0.05, 0.1) is 0 Å². The summed E-state index contributed by atoms with van der Waals surface area (Å²) in [7, 11) is 0. The lowest BCUT2D eigenvalue weighted by Crippen LogP contribution is -2.54. The van der Waals surface area contributed by atoms with Crippen molar-refractivity contribution in [1.29, 1.82) is 0 Å². The standard InChI is InChI=1S/C27H40N4O6/c1-5-16-31(25(35)21(14-15-22(28)33)30-26(36)37-27(2,3)4)23(18-10-9-13-20(32)17-18)24(34)29-19-11-7-6-8-12-19/h5,9-10,13,17,19,21,23,32H,1,6-8,11-12,14-16H2,2-4H3,(H2,28,33)(H,29,34)(H,30,36). The van der Waals surface area contributed by atoms with Crippen LogP contribution in [-0.4, -0.2) is 58.1 Å². The second-order valence-electron chi connectivity index (χ2n) is 10.3. The fourth-order valence-corrected chi connectivity index (χ4v) is 4.35. The third kappa shape index (κ3) is 9.78. The van der Waals surface area contributed by atoms with Crippen LogP contribution >= 0.6 is 0 Å². The van der Waals surface area contributed by atoms with Crippen molar-refractivity contribution in [2.45, 2.75) is 89.4 Å². The smallest absolute Gasteiger partial charge is 0.408 e. The highest BCUT2D eigenvalue weighted by Crippen LogP contribution is 2.27. The van der Waals surface area contributed by atoms with Gasteiger partial charge in [-0.05, 0) is 57.7 Å². The first-order valence-electron chi connectivity index (χ1n) is 12.7. The van der Waals surface area contributed by atoms with E-state index in [-0.39, 0.29) is 31.2 Å². The summed E-state index contributed by atoms with van der Waals surface area (Å²) in [6, 6.07) is 3.81. The SMILES string of the molecule is C=CCN(C(=O)C(CCC(N)=O)NC(=O)OC(C)(C)C)C(C(=O)NC1CCCCC1)c1cccc(O)c1. The van der Waals surface area contributed by atoms with Crippen LogP contribution in [0.3, 0.4) is 0 Å². The van der Waals surface area contributed by atoms with Crippen LogP contribution in [0, 0.1) is 0 Å². The fourth-order valence-electron chi connectivity index (χ4n) is 4.35. The van der Waals surface area contributed by atoms with E-state index < -0.39 is 41.5 Å². The normalized spacial score (nSPS) is 15.6. The summed E-state index contributed by atoms with van der Waals surface area (Å²) < 4.78 is 5.30. The number of nitrogens with zero attached hydrogens (tertiary/aromatic N) is 1. The summed E-state index contributed by atoms with van der Waals surface area (Å²) >= 11 is 0. The molecule has 2 atom stereocenters. The Hall–Kier alpha value is -3.56. The molecule has 5 N–H and O–H groups in total. The van der Waals surface area contributed by atoms with Crippen molar-refractivity contribution in [1.82, 2.24) is 15.5 Å². The molecule has 10 nitrogen and oxygen atoms in total. The Labute approximate surface area is 218 Å². The van der Waals surface area contributed by atoms with Crippen molar-refractivity contribution in [3.05, 3.63) is 42.5 Å². The number of carbonyl (C=O) groups is 4. The summed E-state index contributed by atoms with van der Waals surface area (Å²) in [4.78, 5) is 52.8. The van der Waals surface area contributed by atoms with Gasteiger partial charge in [-0.15, -0.1) is 6.58 Å². The van der Waals surface area contributed by atoms with Crippen LogP contribution in [-0.2, 0) is 19.1 Å². The van der Waals surface area contributed by atoms with Gasteiger partial charge in [0.15, 0.2) is 0 Å². The first-order chi connectivity index (χ1) is 17.4. The molecular weight excluding hydrogens is 476 g/mol. The number of hydrogen-bond donors (Lipinski definition) is 4. The zero-order valence-corrected chi connectivity index (χ0v) is 22.0. The van der Waals surface area contributed by atoms with E-state index in [0.29, 0.717) is 5.56 Å². The molecule has 1 saturated carbocycles. The molecule has 10 heteroatoms. The predicted octanol–water partition coefficient (Wildman–Crippen LogP) is 3.06. The van der Waals surface area contributed by atoms with E-state index in [1.54, 1.807) is 32.9 Å². The predicted molar refractivity (Wildman–Crippen MR) is 139 cm³/mol. The molecule has 0 heterocycles. The third-order valence-electron chi connectivity index (χ3n) is 5.97. The topological polar surface area (TPSA) is 151 Å². The summed E-state index contributed by atoms with van der Waals surface area (Å²) in [6.07, 6.45) is 5.19. The van der Waals surface area contributed by atoms with Gasteiger partial charge in [-0.25, -0.2) is 4.79 Å². The molecule has 1 aromatic rings. The summed E-state index contributed by atoms with van der Waals surface area (Å²) in [5.41, 5.74) is 4.90. The van der Waals surface area contributed by atoms with Crippen molar-refractivity contribution in [2.75, 3.05) is 6.54 Å². The van der Waals surface area contributed by atoms with E-state index in [1.165, 1.54) is 23.1 Å². The lowest BCUT2D eigenvalue weighted by molar-refractivity contribution is -0.142. The van der Waals surface area contributed by atoms with Crippen LogP contribution in [0.25, 0.3) is 0 Å². The molecule has 37 heavy (non-hydrogen) atoms. The molecule has 2 unspecified atom stereocenters. The number of nitrogens with one attached hydrogen (secondary N) is 2. The van der Waals surface area contributed by atoms with E-state index in [1.807, 2.05) is 0 Å². The second kappa shape index (κ2) is 13.7. The van der Waals surface area contributed by atoms with Crippen molar-refractivity contribution in [2.24, 2.45) is 5.73 Å². The number of benzene rings is 1.